The van der Waals surface area contributed by atoms with E-state index in [2.05, 4.69) is 10.6 Å². The molecule has 3 N–H and O–H groups in total. The first kappa shape index (κ1) is 31.4. The molecular formula is C27H40ClN3O7. The molecule has 0 saturated heterocycles. The van der Waals surface area contributed by atoms with Crippen LogP contribution in [-0.2, 0) is 30.5 Å². The van der Waals surface area contributed by atoms with Crippen LogP contribution in [0.5, 0.6) is 0 Å². The maximum absolute atomic E-state index is 13.1. The van der Waals surface area contributed by atoms with E-state index in [0.717, 1.165) is 32.1 Å². The van der Waals surface area contributed by atoms with Crippen LogP contribution in [0.25, 0.3) is 0 Å². The van der Waals surface area contributed by atoms with Gasteiger partial charge in [-0.2, -0.15) is 0 Å². The molecule has 0 bridgehead atoms. The Morgan fingerprint density at radius 2 is 1.92 bits per heavy atom. The van der Waals surface area contributed by atoms with E-state index >= 15 is 0 Å². The van der Waals surface area contributed by atoms with Gasteiger partial charge in [0.25, 0.3) is 5.91 Å². The summed E-state index contributed by atoms with van der Waals surface area (Å²) in [6.07, 6.45) is 3.63. The Morgan fingerprint density at radius 1 is 1.18 bits per heavy atom. The molecule has 212 valence electrons. The number of likely N-dealkylation sites (N-methyl/N-ethyl adjacent to an activating group) is 2. The molecule has 11 heteroatoms. The summed E-state index contributed by atoms with van der Waals surface area (Å²) in [5.41, 5.74) is 0.685. The molecule has 0 heterocycles. The quantitative estimate of drug-likeness (QED) is 0.301. The van der Waals surface area contributed by atoms with E-state index in [-0.39, 0.29) is 43.7 Å². The molecule has 38 heavy (non-hydrogen) atoms. The average Bonchev–Trinajstić information content (AvgIpc) is 2.89. The van der Waals surface area contributed by atoms with E-state index in [1.165, 1.54) is 11.9 Å². The van der Waals surface area contributed by atoms with Gasteiger partial charge in [0.1, 0.15) is 6.61 Å². The standard InChI is InChI=1S/C27H40ClN3O7/c1-3-29-24(33)16-31(2)25(34)13-12-22(17-32)30-26(35)23(15-19-8-5-4-6-9-19)38-27(36)37-18-20-10-7-11-21(28)14-20/h7,10-11,14,19,22-23,32H,3-6,8-9,12-13,15-18H2,1-2H3,(H,29,33)(H,30,35). The summed E-state index contributed by atoms with van der Waals surface area (Å²) in [6, 6.07) is 6.15. The van der Waals surface area contributed by atoms with Crippen LogP contribution in [0.15, 0.2) is 24.3 Å². The van der Waals surface area contributed by atoms with Crippen LogP contribution in [0.2, 0.25) is 5.02 Å². The van der Waals surface area contributed by atoms with Crippen LogP contribution in [0.4, 0.5) is 4.79 Å². The van der Waals surface area contributed by atoms with E-state index in [1.807, 2.05) is 0 Å². The van der Waals surface area contributed by atoms with Crippen LogP contribution < -0.4 is 10.6 Å². The monoisotopic (exact) mass is 553 g/mol. The summed E-state index contributed by atoms with van der Waals surface area (Å²) in [4.78, 5) is 51.0. The maximum Gasteiger partial charge on any atom is 0.509 e. The summed E-state index contributed by atoms with van der Waals surface area (Å²) < 4.78 is 10.6. The highest BCUT2D eigenvalue weighted by molar-refractivity contribution is 6.30. The molecule has 0 aliphatic heterocycles. The molecule has 2 unspecified atom stereocenters. The first-order valence-corrected chi connectivity index (χ1v) is 13.6. The van der Waals surface area contributed by atoms with Crippen molar-refractivity contribution in [3.8, 4) is 0 Å². The van der Waals surface area contributed by atoms with Gasteiger partial charge in [0.2, 0.25) is 11.8 Å². The van der Waals surface area contributed by atoms with Gasteiger partial charge in [-0.05, 0) is 43.4 Å². The van der Waals surface area contributed by atoms with Gasteiger partial charge in [0.15, 0.2) is 6.10 Å². The highest BCUT2D eigenvalue weighted by Gasteiger charge is 2.30. The average molecular weight is 554 g/mol. The van der Waals surface area contributed by atoms with E-state index in [4.69, 9.17) is 21.1 Å². The van der Waals surface area contributed by atoms with E-state index in [9.17, 15) is 24.3 Å². The number of aliphatic hydroxyl groups excluding tert-OH is 1. The number of halogens is 1. The third kappa shape index (κ3) is 11.7. The predicted octanol–water partition coefficient (Wildman–Crippen LogP) is 3.18. The fraction of sp³-hybridized carbons (Fsp3) is 0.630. The largest absolute Gasteiger partial charge is 0.509 e. The van der Waals surface area contributed by atoms with Crippen molar-refractivity contribution in [1.82, 2.24) is 15.5 Å². The van der Waals surface area contributed by atoms with Crippen LogP contribution in [0.1, 0.15) is 63.9 Å². The number of rotatable bonds is 14. The molecule has 1 fully saturated rings. The van der Waals surface area contributed by atoms with Crippen molar-refractivity contribution in [2.45, 2.75) is 77.0 Å². The van der Waals surface area contributed by atoms with Crippen molar-refractivity contribution in [1.29, 1.82) is 0 Å². The third-order valence-electron chi connectivity index (χ3n) is 6.50. The van der Waals surface area contributed by atoms with E-state index < -0.39 is 30.8 Å². The normalized spacial score (nSPS) is 15.2. The Labute approximate surface area is 229 Å². The minimum atomic E-state index is -1.09. The van der Waals surface area contributed by atoms with Gasteiger partial charge in [0, 0.05) is 25.0 Å². The molecule has 1 aromatic carbocycles. The molecule has 3 amide bonds. The zero-order chi connectivity index (χ0) is 27.9. The van der Waals surface area contributed by atoms with Gasteiger partial charge in [0.05, 0.1) is 19.2 Å². The molecule has 1 aliphatic carbocycles. The highest BCUT2D eigenvalue weighted by Crippen LogP contribution is 2.28. The molecule has 2 rings (SSSR count). The number of amides is 3. The lowest BCUT2D eigenvalue weighted by Gasteiger charge is -2.27. The van der Waals surface area contributed by atoms with Crippen LogP contribution in [0, 0.1) is 5.92 Å². The Kier molecular flexibility index (Phi) is 13.9. The molecule has 0 aromatic heterocycles. The SMILES string of the molecule is CCNC(=O)CN(C)C(=O)CCC(CO)NC(=O)C(CC1CCCCC1)OC(=O)OCc1cccc(Cl)c1. The van der Waals surface area contributed by atoms with Gasteiger partial charge in [-0.15, -0.1) is 0 Å². The van der Waals surface area contributed by atoms with Gasteiger partial charge >= 0.3 is 6.16 Å². The third-order valence-corrected chi connectivity index (χ3v) is 6.74. The summed E-state index contributed by atoms with van der Waals surface area (Å²) in [5, 5.41) is 15.7. The minimum absolute atomic E-state index is 0.0250. The van der Waals surface area contributed by atoms with Crippen LogP contribution >= 0.6 is 11.6 Å². The van der Waals surface area contributed by atoms with Crippen molar-refractivity contribution in [3.63, 3.8) is 0 Å². The Hall–Kier alpha value is -2.85. The second kappa shape index (κ2) is 16.9. The molecule has 0 spiro atoms. The van der Waals surface area contributed by atoms with Crippen molar-refractivity contribution >= 4 is 35.5 Å². The fourth-order valence-corrected chi connectivity index (χ4v) is 4.61. The number of hydrogen-bond acceptors (Lipinski definition) is 7. The molecular weight excluding hydrogens is 514 g/mol. The number of nitrogens with zero attached hydrogens (tertiary/aromatic N) is 1. The Morgan fingerprint density at radius 3 is 2.58 bits per heavy atom. The predicted molar refractivity (Wildman–Crippen MR) is 142 cm³/mol. The number of ether oxygens (including phenoxy) is 2. The van der Waals surface area contributed by atoms with E-state index in [1.54, 1.807) is 31.2 Å². The zero-order valence-electron chi connectivity index (χ0n) is 22.2. The van der Waals surface area contributed by atoms with Crippen molar-refractivity contribution in [3.05, 3.63) is 34.9 Å². The zero-order valence-corrected chi connectivity index (χ0v) is 23.0. The second-order valence-corrected chi connectivity index (χ2v) is 10.1. The molecule has 10 nitrogen and oxygen atoms in total. The lowest BCUT2D eigenvalue weighted by molar-refractivity contribution is -0.135. The topological polar surface area (TPSA) is 134 Å². The number of hydrogen-bond donors (Lipinski definition) is 3. The number of carbonyl (C=O) groups is 4. The Balaban J connectivity index is 1.93. The van der Waals surface area contributed by atoms with Crippen molar-refractivity contribution in [2.75, 3.05) is 26.7 Å². The van der Waals surface area contributed by atoms with Gasteiger partial charge in [-0.1, -0.05) is 55.8 Å². The van der Waals surface area contributed by atoms with Gasteiger partial charge in [-0.3, -0.25) is 14.4 Å². The summed E-state index contributed by atoms with van der Waals surface area (Å²) in [6.45, 7) is 1.74. The van der Waals surface area contributed by atoms with Crippen LogP contribution in [-0.4, -0.2) is 72.8 Å². The molecule has 1 aromatic rings. The van der Waals surface area contributed by atoms with Gasteiger partial charge in [-0.25, -0.2) is 4.79 Å². The molecule has 0 radical (unpaired) electrons. The molecule has 1 aliphatic rings. The second-order valence-electron chi connectivity index (χ2n) is 9.64. The first-order valence-electron chi connectivity index (χ1n) is 13.2. The Bertz CT molecular complexity index is 924. The molecule has 2 atom stereocenters. The number of nitrogens with one attached hydrogen (secondary N) is 2. The van der Waals surface area contributed by atoms with Crippen LogP contribution in [0.3, 0.4) is 0 Å². The first-order chi connectivity index (χ1) is 18.2. The van der Waals surface area contributed by atoms with Crippen molar-refractivity contribution in [2.24, 2.45) is 5.92 Å². The highest BCUT2D eigenvalue weighted by atomic mass is 35.5. The smallest absolute Gasteiger partial charge is 0.429 e. The number of benzene rings is 1. The van der Waals surface area contributed by atoms with Crippen molar-refractivity contribution < 1.29 is 33.8 Å². The van der Waals surface area contributed by atoms with E-state index in [0.29, 0.717) is 23.6 Å². The number of carbonyl (C=O) groups excluding carboxylic acids is 4. The lowest BCUT2D eigenvalue weighted by atomic mass is 9.85. The number of aliphatic hydroxyl groups is 1. The van der Waals surface area contributed by atoms with Gasteiger partial charge < -0.3 is 30.1 Å². The summed E-state index contributed by atoms with van der Waals surface area (Å²) in [5.74, 6) is -0.862. The fourth-order valence-electron chi connectivity index (χ4n) is 4.40. The summed E-state index contributed by atoms with van der Waals surface area (Å²) >= 11 is 5.97. The minimum Gasteiger partial charge on any atom is -0.429 e. The summed E-state index contributed by atoms with van der Waals surface area (Å²) in [7, 11) is 1.52. The maximum atomic E-state index is 13.1. The molecule has 1 saturated carbocycles. The lowest BCUT2D eigenvalue weighted by Crippen LogP contribution is -2.46.